The molecule has 0 spiro atoms. The molecule has 1 atom stereocenters. The fourth-order valence-corrected chi connectivity index (χ4v) is 3.64. The second-order valence-electron chi connectivity index (χ2n) is 6.34. The maximum atomic E-state index is 12.9. The van der Waals surface area contributed by atoms with Crippen LogP contribution in [0.3, 0.4) is 0 Å². The van der Waals surface area contributed by atoms with E-state index in [1.807, 2.05) is 23.1 Å². The fourth-order valence-electron chi connectivity index (χ4n) is 3.64. The van der Waals surface area contributed by atoms with Crippen molar-refractivity contribution in [1.82, 2.24) is 9.47 Å². The van der Waals surface area contributed by atoms with Crippen molar-refractivity contribution in [1.29, 1.82) is 0 Å². The van der Waals surface area contributed by atoms with Crippen molar-refractivity contribution in [3.05, 3.63) is 30.0 Å². The summed E-state index contributed by atoms with van der Waals surface area (Å²) in [4.78, 5) is 15.0. The Kier molecular flexibility index (Phi) is 3.32. The van der Waals surface area contributed by atoms with Gasteiger partial charge in [0.05, 0.1) is 12.1 Å². The van der Waals surface area contributed by atoms with Gasteiger partial charge in [0.25, 0.3) is 5.91 Å². The first-order valence-corrected chi connectivity index (χ1v) is 8.36. The van der Waals surface area contributed by atoms with Crippen molar-refractivity contribution in [3.8, 4) is 5.75 Å². The van der Waals surface area contributed by atoms with Gasteiger partial charge in [-0.15, -0.1) is 0 Å². The Morgan fingerprint density at radius 1 is 1.27 bits per heavy atom. The summed E-state index contributed by atoms with van der Waals surface area (Å²) in [6.07, 6.45) is 4.59. The van der Waals surface area contributed by atoms with Crippen LogP contribution in [0.4, 0.5) is 0 Å². The van der Waals surface area contributed by atoms with E-state index in [0.717, 1.165) is 61.2 Å². The Labute approximate surface area is 130 Å². The quantitative estimate of drug-likeness (QED) is 0.851. The predicted molar refractivity (Wildman–Crippen MR) is 86.4 cm³/mol. The molecule has 4 heteroatoms. The fraction of sp³-hybridized carbons (Fsp3) is 0.500. The number of nitrogens with zero attached hydrogens (tertiary/aromatic N) is 2. The SMILES string of the molecule is CCC1Cn2c(C(=O)N3CCCCC3)cc3cccc(c32)O1. The molecule has 116 valence electrons. The second-order valence-corrected chi connectivity index (χ2v) is 6.34. The third-order valence-corrected chi connectivity index (χ3v) is 4.88. The third kappa shape index (κ3) is 2.09. The first kappa shape index (κ1) is 13.7. The van der Waals surface area contributed by atoms with Crippen molar-refractivity contribution in [2.45, 2.75) is 45.3 Å². The number of hydrogen-bond donors (Lipinski definition) is 0. The number of carbonyl (C=O) groups is 1. The smallest absolute Gasteiger partial charge is 0.270 e. The van der Waals surface area contributed by atoms with Gasteiger partial charge in [0.15, 0.2) is 0 Å². The highest BCUT2D eigenvalue weighted by Gasteiger charge is 2.28. The van der Waals surface area contributed by atoms with Gasteiger partial charge in [-0.1, -0.05) is 19.1 Å². The number of rotatable bonds is 2. The third-order valence-electron chi connectivity index (χ3n) is 4.88. The summed E-state index contributed by atoms with van der Waals surface area (Å²) in [5.41, 5.74) is 1.90. The first-order chi connectivity index (χ1) is 10.8. The summed E-state index contributed by atoms with van der Waals surface area (Å²) >= 11 is 0. The van der Waals surface area contributed by atoms with Crippen molar-refractivity contribution in [3.63, 3.8) is 0 Å². The standard InChI is InChI=1S/C18H22N2O2/c1-2-14-12-20-15(18(21)19-9-4-3-5-10-19)11-13-7-6-8-16(22-14)17(13)20/h6-8,11,14H,2-5,9-10,12H2,1H3. The van der Waals surface area contributed by atoms with Gasteiger partial charge < -0.3 is 14.2 Å². The zero-order valence-corrected chi connectivity index (χ0v) is 13.0. The number of aromatic nitrogens is 1. The van der Waals surface area contributed by atoms with Gasteiger partial charge in [-0.05, 0) is 37.8 Å². The summed E-state index contributed by atoms with van der Waals surface area (Å²) in [7, 11) is 0. The zero-order valence-electron chi connectivity index (χ0n) is 13.0. The van der Waals surface area contributed by atoms with Gasteiger partial charge in [0, 0.05) is 18.5 Å². The number of carbonyl (C=O) groups excluding carboxylic acids is 1. The highest BCUT2D eigenvalue weighted by atomic mass is 16.5. The van der Waals surface area contributed by atoms with Crippen molar-refractivity contribution in [2.24, 2.45) is 0 Å². The van der Waals surface area contributed by atoms with Crippen LogP contribution < -0.4 is 4.74 Å². The molecule has 1 aromatic carbocycles. The molecular weight excluding hydrogens is 276 g/mol. The molecule has 0 radical (unpaired) electrons. The lowest BCUT2D eigenvalue weighted by Crippen LogP contribution is -2.37. The minimum atomic E-state index is 0.151. The number of benzene rings is 1. The van der Waals surface area contributed by atoms with E-state index < -0.39 is 0 Å². The van der Waals surface area contributed by atoms with E-state index in [1.165, 1.54) is 6.42 Å². The van der Waals surface area contributed by atoms with Gasteiger partial charge in [-0.3, -0.25) is 4.79 Å². The van der Waals surface area contributed by atoms with Crippen LogP contribution in [0.15, 0.2) is 24.3 Å². The number of likely N-dealkylation sites (tertiary alicyclic amines) is 1. The van der Waals surface area contributed by atoms with Crippen LogP contribution in [0.25, 0.3) is 10.9 Å². The van der Waals surface area contributed by atoms with Crippen LogP contribution in [0.5, 0.6) is 5.75 Å². The number of hydrogen-bond acceptors (Lipinski definition) is 2. The molecule has 2 aliphatic rings. The summed E-state index contributed by atoms with van der Waals surface area (Å²) in [6, 6.07) is 8.13. The molecule has 1 unspecified atom stereocenters. The molecule has 0 bridgehead atoms. The summed E-state index contributed by atoms with van der Waals surface area (Å²) in [5.74, 6) is 1.09. The lowest BCUT2D eigenvalue weighted by Gasteiger charge is -2.29. The molecule has 22 heavy (non-hydrogen) atoms. The number of para-hydroxylation sites is 1. The molecule has 4 rings (SSSR count). The second kappa shape index (κ2) is 5.34. The van der Waals surface area contributed by atoms with E-state index in [1.54, 1.807) is 0 Å². The van der Waals surface area contributed by atoms with Crippen molar-refractivity contribution < 1.29 is 9.53 Å². The molecule has 1 amide bonds. The molecular formula is C18H22N2O2. The van der Waals surface area contributed by atoms with Gasteiger partial charge in [0.1, 0.15) is 17.5 Å². The molecule has 1 fully saturated rings. The van der Waals surface area contributed by atoms with Crippen molar-refractivity contribution >= 4 is 16.8 Å². The average Bonchev–Trinajstić information content (AvgIpc) is 2.95. The Hall–Kier alpha value is -1.97. The highest BCUT2D eigenvalue weighted by molar-refractivity contribution is 6.00. The molecule has 2 aliphatic heterocycles. The topological polar surface area (TPSA) is 34.5 Å². The highest BCUT2D eigenvalue weighted by Crippen LogP contribution is 2.34. The molecule has 3 heterocycles. The Bertz CT molecular complexity index is 713. The van der Waals surface area contributed by atoms with Gasteiger partial charge in [-0.25, -0.2) is 0 Å². The van der Waals surface area contributed by atoms with Crippen molar-refractivity contribution in [2.75, 3.05) is 13.1 Å². The van der Waals surface area contributed by atoms with E-state index in [0.29, 0.717) is 0 Å². The van der Waals surface area contributed by atoms with E-state index in [9.17, 15) is 4.79 Å². The minimum Gasteiger partial charge on any atom is -0.486 e. The van der Waals surface area contributed by atoms with E-state index >= 15 is 0 Å². The molecule has 0 N–H and O–H groups in total. The van der Waals surface area contributed by atoms with Gasteiger partial charge >= 0.3 is 0 Å². The Morgan fingerprint density at radius 3 is 2.86 bits per heavy atom. The Balaban J connectivity index is 1.79. The molecule has 1 aromatic heterocycles. The van der Waals surface area contributed by atoms with Crippen LogP contribution in [0, 0.1) is 0 Å². The molecule has 0 aliphatic carbocycles. The minimum absolute atomic E-state index is 0.151. The Morgan fingerprint density at radius 2 is 2.09 bits per heavy atom. The molecule has 4 nitrogen and oxygen atoms in total. The van der Waals surface area contributed by atoms with Gasteiger partial charge in [0.2, 0.25) is 0 Å². The number of piperidine rings is 1. The van der Waals surface area contributed by atoms with Crippen LogP contribution >= 0.6 is 0 Å². The largest absolute Gasteiger partial charge is 0.486 e. The normalized spacial score (nSPS) is 21.0. The van der Waals surface area contributed by atoms with E-state index in [2.05, 4.69) is 17.6 Å². The van der Waals surface area contributed by atoms with Gasteiger partial charge in [-0.2, -0.15) is 0 Å². The lowest BCUT2D eigenvalue weighted by molar-refractivity contribution is 0.0708. The van der Waals surface area contributed by atoms with E-state index in [-0.39, 0.29) is 12.0 Å². The zero-order chi connectivity index (χ0) is 15.1. The summed E-state index contributed by atoms with van der Waals surface area (Å²) in [5, 5.41) is 1.10. The van der Waals surface area contributed by atoms with Crippen LogP contribution in [-0.2, 0) is 6.54 Å². The summed E-state index contributed by atoms with van der Waals surface area (Å²) in [6.45, 7) is 4.68. The molecule has 2 aromatic rings. The van der Waals surface area contributed by atoms with E-state index in [4.69, 9.17) is 4.74 Å². The number of amides is 1. The maximum Gasteiger partial charge on any atom is 0.270 e. The van der Waals surface area contributed by atoms with Crippen LogP contribution in [0.2, 0.25) is 0 Å². The van der Waals surface area contributed by atoms with Crippen LogP contribution in [-0.4, -0.2) is 34.6 Å². The average molecular weight is 298 g/mol. The maximum absolute atomic E-state index is 12.9. The molecule has 1 saturated heterocycles. The van der Waals surface area contributed by atoms with Crippen LogP contribution in [0.1, 0.15) is 43.1 Å². The first-order valence-electron chi connectivity index (χ1n) is 8.36. The monoisotopic (exact) mass is 298 g/mol. The summed E-state index contributed by atoms with van der Waals surface area (Å²) < 4.78 is 8.23. The lowest BCUT2D eigenvalue weighted by atomic mass is 10.1. The molecule has 0 saturated carbocycles. The predicted octanol–water partition coefficient (Wildman–Crippen LogP) is 3.44. The number of ether oxygens (including phenoxy) is 1.